The SMILES string of the molecule is O=C(c1cccs1)N1CCC(C2(Cc3ccccc3)NC(=O)N(CCN3CCCC3)C2=O)CC1. The second-order valence-electron chi connectivity index (χ2n) is 9.61. The van der Waals surface area contributed by atoms with E-state index in [0.29, 0.717) is 38.9 Å². The van der Waals surface area contributed by atoms with Crippen molar-refractivity contribution >= 4 is 29.2 Å². The van der Waals surface area contributed by atoms with E-state index in [1.54, 1.807) is 0 Å². The summed E-state index contributed by atoms with van der Waals surface area (Å²) in [6.07, 6.45) is 4.22. The zero-order chi connectivity index (χ0) is 23.5. The first-order valence-electron chi connectivity index (χ1n) is 12.3. The molecule has 0 radical (unpaired) electrons. The Hall–Kier alpha value is -2.71. The van der Waals surface area contributed by atoms with E-state index in [-0.39, 0.29) is 23.8 Å². The third-order valence-electron chi connectivity index (χ3n) is 7.58. The van der Waals surface area contributed by atoms with Gasteiger partial charge in [0.15, 0.2) is 0 Å². The number of nitrogens with one attached hydrogen (secondary N) is 1. The quantitative estimate of drug-likeness (QED) is 0.618. The molecule has 0 spiro atoms. The van der Waals surface area contributed by atoms with Crippen LogP contribution in [0.2, 0.25) is 0 Å². The van der Waals surface area contributed by atoms with Gasteiger partial charge in [-0.3, -0.25) is 14.5 Å². The topological polar surface area (TPSA) is 73.0 Å². The molecule has 1 aromatic carbocycles. The molecular formula is C26H32N4O3S. The lowest BCUT2D eigenvalue weighted by atomic mass is 9.74. The van der Waals surface area contributed by atoms with E-state index in [9.17, 15) is 14.4 Å². The summed E-state index contributed by atoms with van der Waals surface area (Å²) in [5.74, 6) is -0.0727. The summed E-state index contributed by atoms with van der Waals surface area (Å²) >= 11 is 1.46. The van der Waals surface area contributed by atoms with E-state index < -0.39 is 5.54 Å². The van der Waals surface area contributed by atoms with Crippen LogP contribution in [0.4, 0.5) is 4.79 Å². The Bertz CT molecular complexity index is 1010. The Morgan fingerprint density at radius 3 is 2.38 bits per heavy atom. The monoisotopic (exact) mass is 480 g/mol. The van der Waals surface area contributed by atoms with Crippen LogP contribution in [-0.2, 0) is 11.2 Å². The number of carbonyl (C=O) groups excluding carboxylic acids is 3. The number of urea groups is 1. The summed E-state index contributed by atoms with van der Waals surface area (Å²) in [7, 11) is 0. The van der Waals surface area contributed by atoms with Crippen LogP contribution in [0.25, 0.3) is 0 Å². The highest BCUT2D eigenvalue weighted by molar-refractivity contribution is 7.12. The van der Waals surface area contributed by atoms with Crippen molar-refractivity contribution in [3.05, 3.63) is 58.3 Å². The number of rotatable bonds is 7. The van der Waals surface area contributed by atoms with Gasteiger partial charge in [-0.25, -0.2) is 4.79 Å². The van der Waals surface area contributed by atoms with Crippen molar-refractivity contribution in [1.29, 1.82) is 0 Å². The van der Waals surface area contributed by atoms with E-state index >= 15 is 0 Å². The molecular weight excluding hydrogens is 448 g/mol. The highest BCUT2D eigenvalue weighted by atomic mass is 32.1. The largest absolute Gasteiger partial charge is 0.338 e. The summed E-state index contributed by atoms with van der Waals surface area (Å²) < 4.78 is 0. The Kier molecular flexibility index (Phi) is 6.70. The summed E-state index contributed by atoms with van der Waals surface area (Å²) in [6.45, 7) is 4.42. The van der Waals surface area contributed by atoms with Gasteiger partial charge in [0.25, 0.3) is 11.8 Å². The van der Waals surface area contributed by atoms with Crippen LogP contribution < -0.4 is 5.32 Å². The number of benzene rings is 1. The number of imide groups is 1. The summed E-state index contributed by atoms with van der Waals surface area (Å²) in [5, 5.41) is 5.06. The lowest BCUT2D eigenvalue weighted by Crippen LogP contribution is -2.58. The normalized spacial score (nSPS) is 24.1. The third kappa shape index (κ3) is 4.49. The van der Waals surface area contributed by atoms with E-state index in [0.717, 1.165) is 30.1 Å². The molecule has 3 aliphatic heterocycles. The smallest absolute Gasteiger partial charge is 0.325 e. The van der Waals surface area contributed by atoms with E-state index in [4.69, 9.17) is 0 Å². The lowest BCUT2D eigenvalue weighted by molar-refractivity contribution is -0.134. The van der Waals surface area contributed by atoms with Gasteiger partial charge in [-0.1, -0.05) is 36.4 Å². The predicted molar refractivity (Wildman–Crippen MR) is 132 cm³/mol. The van der Waals surface area contributed by atoms with Crippen molar-refractivity contribution in [3.63, 3.8) is 0 Å². The van der Waals surface area contributed by atoms with Crippen LogP contribution in [0.5, 0.6) is 0 Å². The molecule has 4 amide bonds. The van der Waals surface area contributed by atoms with Gasteiger partial charge < -0.3 is 15.1 Å². The maximum Gasteiger partial charge on any atom is 0.325 e. The van der Waals surface area contributed by atoms with Crippen molar-refractivity contribution in [2.75, 3.05) is 39.3 Å². The van der Waals surface area contributed by atoms with Crippen LogP contribution in [0.3, 0.4) is 0 Å². The molecule has 2 aromatic rings. The van der Waals surface area contributed by atoms with Gasteiger partial charge in [0.05, 0.1) is 4.88 Å². The molecule has 4 heterocycles. The maximum atomic E-state index is 13.9. The second-order valence-corrected chi connectivity index (χ2v) is 10.6. The first kappa shape index (κ1) is 23.1. The predicted octanol–water partition coefficient (Wildman–Crippen LogP) is 3.23. The molecule has 0 aliphatic carbocycles. The average molecular weight is 481 g/mol. The number of amides is 4. The lowest BCUT2D eigenvalue weighted by Gasteiger charge is -2.41. The molecule has 8 heteroatoms. The molecule has 7 nitrogen and oxygen atoms in total. The minimum atomic E-state index is -0.957. The summed E-state index contributed by atoms with van der Waals surface area (Å²) in [4.78, 5) is 46.2. The fourth-order valence-corrected chi connectivity index (χ4v) is 6.38. The van der Waals surface area contributed by atoms with Crippen LogP contribution in [-0.4, -0.2) is 77.4 Å². The zero-order valence-corrected chi connectivity index (χ0v) is 20.3. The van der Waals surface area contributed by atoms with Gasteiger partial charge >= 0.3 is 6.03 Å². The minimum Gasteiger partial charge on any atom is -0.338 e. The highest BCUT2D eigenvalue weighted by Gasteiger charge is 2.56. The van der Waals surface area contributed by atoms with Crippen LogP contribution >= 0.6 is 11.3 Å². The van der Waals surface area contributed by atoms with Crippen molar-refractivity contribution in [2.24, 2.45) is 5.92 Å². The average Bonchev–Trinajstić information content (AvgIpc) is 3.62. The second kappa shape index (κ2) is 9.88. The molecule has 3 fully saturated rings. The number of thiophene rings is 1. The molecule has 1 N–H and O–H groups in total. The first-order valence-corrected chi connectivity index (χ1v) is 13.2. The number of carbonyl (C=O) groups is 3. The molecule has 1 atom stereocenters. The van der Waals surface area contributed by atoms with Gasteiger partial charge in [0.2, 0.25) is 0 Å². The Morgan fingerprint density at radius 1 is 0.971 bits per heavy atom. The number of hydrogen-bond acceptors (Lipinski definition) is 5. The van der Waals surface area contributed by atoms with Crippen LogP contribution in [0.15, 0.2) is 47.8 Å². The first-order chi connectivity index (χ1) is 16.6. The van der Waals surface area contributed by atoms with E-state index in [1.165, 1.54) is 29.1 Å². The van der Waals surface area contributed by atoms with E-state index in [1.807, 2.05) is 52.7 Å². The zero-order valence-electron chi connectivity index (χ0n) is 19.4. The van der Waals surface area contributed by atoms with Gasteiger partial charge in [-0.15, -0.1) is 11.3 Å². The fourth-order valence-electron chi connectivity index (χ4n) is 5.69. The van der Waals surface area contributed by atoms with Crippen LogP contribution in [0.1, 0.15) is 40.9 Å². The molecule has 3 aliphatic rings. The van der Waals surface area contributed by atoms with Gasteiger partial charge in [-0.05, 0) is 61.7 Å². The molecule has 34 heavy (non-hydrogen) atoms. The Morgan fingerprint density at radius 2 is 1.71 bits per heavy atom. The molecule has 180 valence electrons. The molecule has 3 saturated heterocycles. The summed E-state index contributed by atoms with van der Waals surface area (Å²) in [6, 6.07) is 13.4. The van der Waals surface area contributed by atoms with E-state index in [2.05, 4.69) is 10.2 Å². The minimum absolute atomic E-state index is 0.0201. The van der Waals surface area contributed by atoms with Crippen LogP contribution in [0, 0.1) is 5.92 Å². The van der Waals surface area contributed by atoms with Crippen molar-refractivity contribution < 1.29 is 14.4 Å². The standard InChI is InChI=1S/C26H32N4O3S/c31-23(22-9-6-18-34-22)29-14-10-21(11-15-29)26(19-20-7-2-1-3-8-20)24(32)30(25(33)27-26)17-16-28-12-4-5-13-28/h1-3,6-9,18,21H,4-5,10-17,19H2,(H,27,33). The highest BCUT2D eigenvalue weighted by Crippen LogP contribution is 2.37. The molecule has 0 bridgehead atoms. The number of likely N-dealkylation sites (tertiary alicyclic amines) is 2. The third-order valence-corrected chi connectivity index (χ3v) is 8.44. The van der Waals surface area contributed by atoms with Crippen molar-refractivity contribution in [1.82, 2.24) is 20.0 Å². The van der Waals surface area contributed by atoms with Gasteiger partial charge in [-0.2, -0.15) is 0 Å². The molecule has 0 saturated carbocycles. The molecule has 1 aromatic heterocycles. The Labute approximate surface area is 204 Å². The number of piperidine rings is 1. The fraction of sp³-hybridized carbons (Fsp3) is 0.500. The van der Waals surface area contributed by atoms with Crippen molar-refractivity contribution in [3.8, 4) is 0 Å². The molecule has 5 rings (SSSR count). The van der Waals surface area contributed by atoms with Gasteiger partial charge in [0.1, 0.15) is 5.54 Å². The maximum absolute atomic E-state index is 13.9. The van der Waals surface area contributed by atoms with Crippen molar-refractivity contribution in [2.45, 2.75) is 37.6 Å². The summed E-state index contributed by atoms with van der Waals surface area (Å²) in [5.41, 5.74) is 0.0799. The molecule has 1 unspecified atom stereocenters. The Balaban J connectivity index is 1.34. The number of nitrogens with zero attached hydrogens (tertiary/aromatic N) is 3. The van der Waals surface area contributed by atoms with Gasteiger partial charge in [0, 0.05) is 32.6 Å². The number of hydrogen-bond donors (Lipinski definition) is 1.